The van der Waals surface area contributed by atoms with Gasteiger partial charge >= 0.3 is 0 Å². The van der Waals surface area contributed by atoms with Gasteiger partial charge in [-0.2, -0.15) is 0 Å². The molecule has 0 fully saturated rings. The minimum absolute atomic E-state index is 0.0302. The molecule has 0 saturated carbocycles. The van der Waals surface area contributed by atoms with Gasteiger partial charge in [0, 0.05) is 94.9 Å². The third-order valence-corrected chi connectivity index (χ3v) is 9.67. The van der Waals surface area contributed by atoms with Crippen molar-refractivity contribution >= 4 is 40.6 Å². The molecular weight excluding hydrogens is 674 g/mol. The Balaban J connectivity index is 1.91. The second-order valence-electron chi connectivity index (χ2n) is 13.1. The van der Waals surface area contributed by atoms with E-state index in [2.05, 4.69) is 25.8 Å². The number of amides is 4. The number of carbonyl (C=O) groups excluding carboxylic acids is 5. The Hall–Kier alpha value is -5.52. The van der Waals surface area contributed by atoms with Gasteiger partial charge in [0.05, 0.1) is 12.0 Å². The number of carboxylic acid groups (broad SMARTS) is 1. The molecule has 53 heavy (non-hydrogen) atoms. The maximum Gasteiger partial charge on any atom is 0.219 e. The number of carboxylic acids is 1. The number of benzene rings is 3. The Kier molecular flexibility index (Phi) is 15.1. The van der Waals surface area contributed by atoms with E-state index in [-0.39, 0.29) is 35.1 Å². The van der Waals surface area contributed by atoms with Crippen molar-refractivity contribution in [3.63, 3.8) is 0 Å². The second-order valence-corrected chi connectivity index (χ2v) is 13.1. The maximum absolute atomic E-state index is 12.4. The molecule has 2 aromatic carbocycles. The monoisotopic (exact) mass is 725 g/mol. The van der Waals surface area contributed by atoms with Crippen LogP contribution in [0.2, 0.25) is 0 Å². The van der Waals surface area contributed by atoms with Gasteiger partial charge in [0.1, 0.15) is 24.4 Å². The number of nitrogens with zero attached hydrogens (tertiary/aromatic N) is 1. The largest absolute Gasteiger partial charge is 0.545 e. The zero-order chi connectivity index (χ0) is 38.3. The van der Waals surface area contributed by atoms with Crippen LogP contribution in [0.4, 0.5) is 0 Å². The number of hydrogen-bond acceptors (Lipinski definition) is 7. The summed E-state index contributed by atoms with van der Waals surface area (Å²) >= 11 is 0. The van der Waals surface area contributed by atoms with Crippen molar-refractivity contribution in [2.75, 3.05) is 41.3 Å². The van der Waals surface area contributed by atoms with Crippen LogP contribution < -0.4 is 36.3 Å². The van der Waals surface area contributed by atoms with E-state index >= 15 is 0 Å². The van der Waals surface area contributed by atoms with Crippen LogP contribution in [0.1, 0.15) is 86.0 Å². The van der Waals surface area contributed by atoms with Gasteiger partial charge in [-0.3, -0.25) is 19.2 Å². The molecule has 4 N–H and O–H groups in total. The van der Waals surface area contributed by atoms with Crippen molar-refractivity contribution in [3.8, 4) is 22.5 Å². The van der Waals surface area contributed by atoms with Gasteiger partial charge in [-0.15, -0.1) is 0 Å². The minimum atomic E-state index is -1.29. The van der Waals surface area contributed by atoms with Crippen molar-refractivity contribution < 1.29 is 33.5 Å². The molecule has 12 nitrogen and oxygen atoms in total. The predicted molar refractivity (Wildman–Crippen MR) is 203 cm³/mol. The fourth-order valence-electron chi connectivity index (χ4n) is 6.74. The first-order valence-corrected chi connectivity index (χ1v) is 18.3. The quantitative estimate of drug-likeness (QED) is 0.0848. The lowest BCUT2D eigenvalue weighted by Gasteiger charge is -2.21. The van der Waals surface area contributed by atoms with E-state index in [4.69, 9.17) is 4.42 Å². The van der Waals surface area contributed by atoms with Crippen LogP contribution in [0.5, 0.6) is 0 Å². The zero-order valence-electron chi connectivity index (χ0n) is 31.1. The normalized spacial score (nSPS) is 11.0. The van der Waals surface area contributed by atoms with Crippen LogP contribution in [0.3, 0.4) is 0 Å². The van der Waals surface area contributed by atoms with E-state index in [1.807, 2.05) is 36.4 Å². The molecule has 12 heteroatoms. The first-order chi connectivity index (χ1) is 25.6. The first kappa shape index (κ1) is 40.3. The summed E-state index contributed by atoms with van der Waals surface area (Å²) < 4.78 is 8.81. The third kappa shape index (κ3) is 11.0. The van der Waals surface area contributed by atoms with Gasteiger partial charge in [-0.25, -0.2) is 4.58 Å². The molecule has 2 aliphatic rings. The lowest BCUT2D eigenvalue weighted by Crippen LogP contribution is -2.33. The van der Waals surface area contributed by atoms with Crippen LogP contribution in [0.25, 0.3) is 33.4 Å². The summed E-state index contributed by atoms with van der Waals surface area (Å²) in [7, 11) is 6.46. The standard InChI is InChI=1S/C41H51N5O7/c1-42-36(47)15-7-11-27(12-8-16-37(48)43-2)28-19-21-32-34(25-28)53-35-26-29(46(23-9-17-38(49)44-3)24-10-18-39(50)45-4)20-22-33(35)40(32)30-13-5-6-14-31(30)41(51)52/h5-6,13-14,19-22,25-27H,7-12,15-18,23-24H2,1-4H3,(H4-,42,43,44,45,47,48,49,50,51,52). The van der Waals surface area contributed by atoms with E-state index in [0.717, 1.165) is 29.1 Å². The van der Waals surface area contributed by atoms with Crippen molar-refractivity contribution in [1.29, 1.82) is 0 Å². The molecule has 1 aliphatic heterocycles. The van der Waals surface area contributed by atoms with E-state index in [0.29, 0.717) is 92.5 Å². The molecule has 0 unspecified atom stereocenters. The molecule has 0 saturated heterocycles. The van der Waals surface area contributed by atoms with Crippen molar-refractivity contribution in [1.82, 2.24) is 25.8 Å². The molecule has 1 heterocycles. The fourth-order valence-corrected chi connectivity index (χ4v) is 6.74. The summed E-state index contributed by atoms with van der Waals surface area (Å²) in [5.74, 6) is -0.878. The summed E-state index contributed by atoms with van der Waals surface area (Å²) in [6.07, 6.45) is 5.47. The number of fused-ring (bicyclic) bond motifs is 2. The maximum atomic E-state index is 12.4. The van der Waals surface area contributed by atoms with Gasteiger partial charge in [-0.1, -0.05) is 36.4 Å². The number of carbonyl (C=O) groups is 5. The molecule has 0 aromatic heterocycles. The van der Waals surface area contributed by atoms with E-state index in [9.17, 15) is 29.1 Å². The smallest absolute Gasteiger partial charge is 0.219 e. The molecular formula is C41H51N5O7. The van der Waals surface area contributed by atoms with Crippen LogP contribution >= 0.6 is 0 Å². The van der Waals surface area contributed by atoms with Crippen molar-refractivity contribution in [3.05, 3.63) is 77.1 Å². The Morgan fingerprint density at radius 2 is 1.21 bits per heavy atom. The molecule has 0 bridgehead atoms. The van der Waals surface area contributed by atoms with Gasteiger partial charge in [0.2, 0.25) is 29.0 Å². The van der Waals surface area contributed by atoms with Crippen LogP contribution in [0, 0.1) is 0 Å². The summed E-state index contributed by atoms with van der Waals surface area (Å²) in [6, 6.07) is 18.5. The highest BCUT2D eigenvalue weighted by Gasteiger charge is 2.23. The van der Waals surface area contributed by atoms with Gasteiger partial charge in [-0.05, 0) is 54.9 Å². The Bertz CT molecular complexity index is 1920. The highest BCUT2D eigenvalue weighted by molar-refractivity contribution is 6.07. The summed E-state index contributed by atoms with van der Waals surface area (Å²) in [6.45, 7) is 1.14. The van der Waals surface area contributed by atoms with E-state index in [1.165, 1.54) is 6.07 Å². The number of hydrogen-bond donors (Lipinski definition) is 4. The van der Waals surface area contributed by atoms with E-state index in [1.54, 1.807) is 46.4 Å². The lowest BCUT2D eigenvalue weighted by molar-refractivity contribution is -0.255. The lowest BCUT2D eigenvalue weighted by atomic mass is 9.86. The van der Waals surface area contributed by atoms with E-state index < -0.39 is 5.97 Å². The van der Waals surface area contributed by atoms with Crippen LogP contribution in [0.15, 0.2) is 65.1 Å². The molecule has 0 radical (unpaired) electrons. The Morgan fingerprint density at radius 3 is 1.75 bits per heavy atom. The van der Waals surface area contributed by atoms with Gasteiger partial charge < -0.3 is 35.6 Å². The summed E-state index contributed by atoms with van der Waals surface area (Å²) in [5.41, 5.74) is 3.52. The Morgan fingerprint density at radius 1 is 0.660 bits per heavy atom. The van der Waals surface area contributed by atoms with Gasteiger partial charge in [0.25, 0.3) is 0 Å². The van der Waals surface area contributed by atoms with Crippen molar-refractivity contribution in [2.24, 2.45) is 0 Å². The summed E-state index contributed by atoms with van der Waals surface area (Å²) in [5, 5.41) is 24.6. The number of nitrogens with one attached hydrogen (secondary N) is 4. The van der Waals surface area contributed by atoms with Crippen molar-refractivity contribution in [2.45, 2.75) is 70.1 Å². The SMILES string of the molecule is CNC(=O)CCCC(CCCC(=O)NC)c1ccc2c(-c3ccccc3C(=O)[O-])c3ccc(=[N+](CCCC(=O)NC)CCCC(=O)NC)cc-3oc2c1. The third-order valence-electron chi connectivity index (χ3n) is 9.67. The molecule has 0 spiro atoms. The average molecular weight is 726 g/mol. The zero-order valence-corrected chi connectivity index (χ0v) is 31.1. The minimum Gasteiger partial charge on any atom is -0.545 e. The van der Waals surface area contributed by atoms with Crippen LogP contribution in [-0.2, 0) is 19.2 Å². The number of rotatable bonds is 19. The first-order valence-electron chi connectivity index (χ1n) is 18.3. The topological polar surface area (TPSA) is 173 Å². The molecule has 282 valence electrons. The van der Waals surface area contributed by atoms with Gasteiger partial charge in [0.15, 0.2) is 0 Å². The molecule has 4 amide bonds. The highest BCUT2D eigenvalue weighted by Crippen LogP contribution is 2.42. The van der Waals surface area contributed by atoms with Crippen LogP contribution in [-0.4, -0.2) is 70.9 Å². The molecule has 1 aliphatic carbocycles. The average Bonchev–Trinajstić information content (AvgIpc) is 3.17. The summed E-state index contributed by atoms with van der Waals surface area (Å²) in [4.78, 5) is 60.5. The molecule has 0 atom stereocenters. The number of aromatic carboxylic acids is 1. The molecule has 2 aromatic rings. The predicted octanol–water partition coefficient (Wildman–Crippen LogP) is 3.31. The second kappa shape index (κ2) is 19.9. The fraction of sp³-hybridized carbons (Fsp3) is 0.415. The Labute approximate surface area is 310 Å². The highest BCUT2D eigenvalue weighted by atomic mass is 16.4. The molecule has 4 rings (SSSR count).